The number of guanidine groups is 1. The van der Waals surface area contributed by atoms with Crippen LogP contribution in [0, 0.1) is 0 Å². The van der Waals surface area contributed by atoms with E-state index < -0.39 is 0 Å². The molecule has 0 bridgehead atoms. The average molecular weight is 376 g/mol. The molecule has 0 amide bonds. The van der Waals surface area contributed by atoms with Crippen LogP contribution in [0.25, 0.3) is 11.5 Å². The number of piperazine rings is 1. The molecule has 0 radical (unpaired) electrons. The van der Waals surface area contributed by atoms with Crippen molar-refractivity contribution < 1.29 is 4.42 Å². The molecule has 0 saturated carbocycles. The van der Waals surface area contributed by atoms with E-state index in [1.807, 2.05) is 55.7 Å². The summed E-state index contributed by atoms with van der Waals surface area (Å²) in [6.07, 6.45) is 3.53. The van der Waals surface area contributed by atoms with Crippen molar-refractivity contribution in [2.45, 2.75) is 6.54 Å². The van der Waals surface area contributed by atoms with Gasteiger partial charge >= 0.3 is 0 Å². The molecule has 1 fully saturated rings. The topological polar surface area (TPSA) is 69.8 Å². The summed E-state index contributed by atoms with van der Waals surface area (Å²) in [5.74, 6) is 2.54. The maximum absolute atomic E-state index is 5.61. The summed E-state index contributed by atoms with van der Waals surface area (Å²) >= 11 is 0. The lowest BCUT2D eigenvalue weighted by atomic mass is 10.2. The van der Waals surface area contributed by atoms with Crippen molar-refractivity contribution in [3.63, 3.8) is 0 Å². The van der Waals surface area contributed by atoms with Crippen LogP contribution in [-0.4, -0.2) is 54.1 Å². The van der Waals surface area contributed by atoms with E-state index >= 15 is 0 Å². The third kappa shape index (κ3) is 4.14. The molecule has 1 N–H and O–H groups in total. The summed E-state index contributed by atoms with van der Waals surface area (Å²) in [6, 6.07) is 15.9. The zero-order chi connectivity index (χ0) is 19.2. The summed E-state index contributed by atoms with van der Waals surface area (Å²) in [6.45, 7) is 4.19. The highest BCUT2D eigenvalue weighted by Gasteiger charge is 2.20. The molecule has 1 aliphatic heterocycles. The van der Waals surface area contributed by atoms with E-state index in [4.69, 9.17) is 4.42 Å². The minimum atomic E-state index is 0.573. The summed E-state index contributed by atoms with van der Waals surface area (Å²) in [5, 5.41) is 3.39. The molecule has 3 heterocycles. The maximum atomic E-state index is 5.61. The lowest BCUT2D eigenvalue weighted by Gasteiger charge is -2.37. The predicted octanol–water partition coefficient (Wildman–Crippen LogP) is 2.63. The van der Waals surface area contributed by atoms with Gasteiger partial charge in [-0.1, -0.05) is 24.3 Å². The zero-order valence-corrected chi connectivity index (χ0v) is 16.0. The van der Waals surface area contributed by atoms with Crippen LogP contribution in [-0.2, 0) is 6.54 Å². The van der Waals surface area contributed by atoms with Gasteiger partial charge < -0.3 is 19.5 Å². The normalized spacial score (nSPS) is 15.0. The van der Waals surface area contributed by atoms with Crippen LogP contribution in [0.4, 0.5) is 5.82 Å². The molecule has 0 atom stereocenters. The van der Waals surface area contributed by atoms with Gasteiger partial charge in [0.05, 0.1) is 12.2 Å². The van der Waals surface area contributed by atoms with Gasteiger partial charge in [0, 0.05) is 45.0 Å². The maximum Gasteiger partial charge on any atom is 0.226 e. The van der Waals surface area contributed by atoms with Gasteiger partial charge in [0.2, 0.25) is 5.89 Å². The van der Waals surface area contributed by atoms with Gasteiger partial charge in [0.25, 0.3) is 0 Å². The third-order valence-corrected chi connectivity index (χ3v) is 4.76. The minimum absolute atomic E-state index is 0.573. The molecule has 1 saturated heterocycles. The highest BCUT2D eigenvalue weighted by molar-refractivity contribution is 5.80. The Balaban J connectivity index is 1.32. The van der Waals surface area contributed by atoms with Gasteiger partial charge in [-0.15, -0.1) is 0 Å². The number of benzene rings is 1. The first kappa shape index (κ1) is 18.0. The number of aliphatic imine (C=N–C) groups is 1. The fraction of sp³-hybridized carbons (Fsp3) is 0.286. The fourth-order valence-electron chi connectivity index (χ4n) is 3.29. The molecular weight excluding hydrogens is 352 g/mol. The Hall–Kier alpha value is -3.35. The second kappa shape index (κ2) is 8.56. The lowest BCUT2D eigenvalue weighted by Crippen LogP contribution is -2.52. The summed E-state index contributed by atoms with van der Waals surface area (Å²) < 4.78 is 5.61. The van der Waals surface area contributed by atoms with Crippen molar-refractivity contribution >= 4 is 11.8 Å². The van der Waals surface area contributed by atoms with E-state index in [2.05, 4.69) is 36.1 Å². The number of aromatic nitrogens is 2. The van der Waals surface area contributed by atoms with Crippen molar-refractivity contribution in [3.8, 4) is 11.5 Å². The Labute approximate surface area is 164 Å². The largest absolute Gasteiger partial charge is 0.444 e. The van der Waals surface area contributed by atoms with E-state index in [9.17, 15) is 0 Å². The summed E-state index contributed by atoms with van der Waals surface area (Å²) in [4.78, 5) is 18.0. The van der Waals surface area contributed by atoms with Crippen LogP contribution < -0.4 is 10.2 Å². The van der Waals surface area contributed by atoms with Crippen LogP contribution in [0.15, 0.2) is 70.4 Å². The number of pyridine rings is 1. The molecule has 0 aliphatic carbocycles. The fourth-order valence-corrected chi connectivity index (χ4v) is 3.29. The number of oxazole rings is 1. The third-order valence-electron chi connectivity index (χ3n) is 4.76. The molecule has 7 nitrogen and oxygen atoms in total. The number of anilines is 1. The van der Waals surface area contributed by atoms with E-state index in [1.165, 1.54) is 0 Å². The lowest BCUT2D eigenvalue weighted by molar-refractivity contribution is 0.371. The number of nitrogens with zero attached hydrogens (tertiary/aromatic N) is 5. The molecule has 2 aromatic heterocycles. The van der Waals surface area contributed by atoms with Crippen LogP contribution in [0.3, 0.4) is 0 Å². The molecule has 7 heteroatoms. The predicted molar refractivity (Wildman–Crippen MR) is 110 cm³/mol. The van der Waals surface area contributed by atoms with Gasteiger partial charge in [0.1, 0.15) is 12.1 Å². The molecule has 0 unspecified atom stereocenters. The first-order chi connectivity index (χ1) is 13.8. The highest BCUT2D eigenvalue weighted by Crippen LogP contribution is 2.18. The van der Waals surface area contributed by atoms with Gasteiger partial charge in [-0.25, -0.2) is 9.97 Å². The van der Waals surface area contributed by atoms with Gasteiger partial charge in [-0.2, -0.15) is 0 Å². The Bertz CT molecular complexity index is 901. The van der Waals surface area contributed by atoms with Crippen molar-refractivity contribution in [1.82, 2.24) is 20.2 Å². The van der Waals surface area contributed by atoms with Crippen LogP contribution in [0.5, 0.6) is 0 Å². The minimum Gasteiger partial charge on any atom is -0.444 e. The second-order valence-electron chi connectivity index (χ2n) is 6.57. The molecule has 28 heavy (non-hydrogen) atoms. The standard InChI is InChI=1S/C21H24N6O/c1-22-21(27-13-11-26(12-14-27)19-9-5-6-10-23-19)24-15-18-16-28-20(25-18)17-7-3-2-4-8-17/h2-10,16H,11-15H2,1H3,(H,22,24). The van der Waals surface area contributed by atoms with Crippen molar-refractivity contribution in [3.05, 3.63) is 66.7 Å². The highest BCUT2D eigenvalue weighted by atomic mass is 16.3. The molecule has 1 aromatic carbocycles. The van der Waals surface area contributed by atoms with E-state index in [0.29, 0.717) is 12.4 Å². The Kier molecular flexibility index (Phi) is 5.51. The summed E-state index contributed by atoms with van der Waals surface area (Å²) in [7, 11) is 1.81. The van der Waals surface area contributed by atoms with Gasteiger partial charge in [-0.05, 0) is 24.3 Å². The quantitative estimate of drug-likeness (QED) is 0.558. The molecule has 3 aromatic rings. The van der Waals surface area contributed by atoms with Crippen molar-refractivity contribution in [2.24, 2.45) is 4.99 Å². The first-order valence-corrected chi connectivity index (χ1v) is 9.45. The average Bonchev–Trinajstić information content (AvgIpc) is 3.25. The van der Waals surface area contributed by atoms with E-state index in [1.54, 1.807) is 6.26 Å². The number of hydrogen-bond donors (Lipinski definition) is 1. The molecule has 1 aliphatic rings. The molecular formula is C21H24N6O. The first-order valence-electron chi connectivity index (χ1n) is 9.45. The zero-order valence-electron chi connectivity index (χ0n) is 16.0. The van der Waals surface area contributed by atoms with Crippen LogP contribution in [0.2, 0.25) is 0 Å². The Morgan fingerprint density at radius 2 is 1.86 bits per heavy atom. The second-order valence-corrected chi connectivity index (χ2v) is 6.57. The van der Waals surface area contributed by atoms with Crippen molar-refractivity contribution in [1.29, 1.82) is 0 Å². The smallest absolute Gasteiger partial charge is 0.226 e. The molecule has 144 valence electrons. The Morgan fingerprint density at radius 3 is 2.57 bits per heavy atom. The number of hydrogen-bond acceptors (Lipinski definition) is 5. The van der Waals surface area contributed by atoms with Crippen LogP contribution in [0.1, 0.15) is 5.69 Å². The monoisotopic (exact) mass is 376 g/mol. The van der Waals surface area contributed by atoms with Crippen molar-refractivity contribution in [2.75, 3.05) is 38.1 Å². The van der Waals surface area contributed by atoms with E-state index in [-0.39, 0.29) is 0 Å². The van der Waals surface area contributed by atoms with Gasteiger partial charge in [-0.3, -0.25) is 4.99 Å². The van der Waals surface area contributed by atoms with Crippen LogP contribution >= 0.6 is 0 Å². The molecule has 0 spiro atoms. The SMILES string of the molecule is CN=C(NCc1coc(-c2ccccc2)n1)N1CCN(c2ccccn2)CC1. The Morgan fingerprint density at radius 1 is 1.07 bits per heavy atom. The van der Waals surface area contributed by atoms with E-state index in [0.717, 1.165) is 49.2 Å². The number of rotatable bonds is 4. The summed E-state index contributed by atoms with van der Waals surface area (Å²) in [5.41, 5.74) is 1.83. The number of nitrogens with one attached hydrogen (secondary N) is 1. The molecule has 4 rings (SSSR count). The van der Waals surface area contributed by atoms with Gasteiger partial charge in [0.15, 0.2) is 5.96 Å².